The van der Waals surface area contributed by atoms with Crippen molar-refractivity contribution in [3.05, 3.63) is 29.1 Å². The van der Waals surface area contributed by atoms with Crippen LogP contribution in [0.2, 0.25) is 0 Å². The van der Waals surface area contributed by atoms with Crippen LogP contribution in [0.1, 0.15) is 83.7 Å². The van der Waals surface area contributed by atoms with Crippen LogP contribution < -0.4 is 4.72 Å². The van der Waals surface area contributed by atoms with Crippen LogP contribution in [0.15, 0.2) is 12.3 Å². The number of nitrogens with zero attached hydrogens (tertiary/aromatic N) is 2. The molecule has 0 bridgehead atoms. The number of piperidine rings is 1. The van der Waals surface area contributed by atoms with Crippen LogP contribution in [-0.2, 0) is 22.5 Å². The van der Waals surface area contributed by atoms with Crippen molar-refractivity contribution in [3.63, 3.8) is 0 Å². The van der Waals surface area contributed by atoms with Crippen molar-refractivity contribution < 1.29 is 22.9 Å². The number of hydrogen-bond acceptors (Lipinski definition) is 5. The zero-order valence-electron chi connectivity index (χ0n) is 19.1. The lowest BCUT2D eigenvalue weighted by molar-refractivity contribution is 0.00710. The first-order chi connectivity index (χ1) is 14.2. The fraction of sp³-hybridized carbons (Fsp3) is 0.727. The van der Waals surface area contributed by atoms with Gasteiger partial charge in [-0.1, -0.05) is 0 Å². The van der Waals surface area contributed by atoms with Gasteiger partial charge in [-0.05, 0) is 72.4 Å². The van der Waals surface area contributed by atoms with Crippen molar-refractivity contribution in [3.8, 4) is 0 Å². The Morgan fingerprint density at radius 3 is 2.42 bits per heavy atom. The molecule has 0 radical (unpaired) electrons. The highest BCUT2D eigenvalue weighted by molar-refractivity contribution is 7.90. The first-order valence-electron chi connectivity index (χ1n) is 10.6. The predicted molar refractivity (Wildman–Crippen MR) is 116 cm³/mol. The van der Waals surface area contributed by atoms with Crippen molar-refractivity contribution >= 4 is 17.5 Å². The maximum absolute atomic E-state index is 13.3. The maximum Gasteiger partial charge on any atom is 0.410 e. The number of nitrogens with one attached hydrogen (secondary N) is 1. The number of fused-ring (bicyclic) bond motifs is 1. The molecule has 1 N–H and O–H groups in total. The molecule has 1 unspecified atom stereocenters. The van der Waals surface area contributed by atoms with E-state index in [1.54, 1.807) is 4.90 Å². The van der Waals surface area contributed by atoms with Gasteiger partial charge in [-0.3, -0.25) is 4.98 Å². The molecular formula is C22H33F2N3O3S. The lowest BCUT2D eigenvalue weighted by Gasteiger charge is -2.43. The van der Waals surface area contributed by atoms with E-state index in [0.717, 1.165) is 5.69 Å². The number of carbonyl (C=O) groups excluding carboxylic acids is 1. The highest BCUT2D eigenvalue weighted by Crippen LogP contribution is 2.52. The van der Waals surface area contributed by atoms with Crippen molar-refractivity contribution in [1.29, 1.82) is 0 Å². The Labute approximate surface area is 186 Å². The van der Waals surface area contributed by atoms with E-state index in [1.165, 1.54) is 12.3 Å². The molecule has 174 valence electrons. The van der Waals surface area contributed by atoms with Crippen LogP contribution in [0.5, 0.6) is 0 Å². The van der Waals surface area contributed by atoms with Gasteiger partial charge in [-0.15, -0.1) is 4.72 Å². The first-order valence-corrected chi connectivity index (χ1v) is 11.8. The number of rotatable bonds is 3. The lowest BCUT2D eigenvalue weighted by atomic mass is 9.73. The Balaban J connectivity index is 1.86. The minimum absolute atomic E-state index is 0.129. The number of aromatic nitrogens is 1. The van der Waals surface area contributed by atoms with Gasteiger partial charge in [0.25, 0.3) is 6.43 Å². The molecule has 1 aliphatic carbocycles. The van der Waals surface area contributed by atoms with Gasteiger partial charge in [0.2, 0.25) is 0 Å². The zero-order valence-corrected chi connectivity index (χ0v) is 19.9. The molecule has 6 nitrogen and oxygen atoms in total. The summed E-state index contributed by atoms with van der Waals surface area (Å²) in [4.78, 5) is 18.5. The fourth-order valence-corrected chi connectivity index (χ4v) is 5.15. The zero-order chi connectivity index (χ0) is 23.2. The van der Waals surface area contributed by atoms with Gasteiger partial charge in [0, 0.05) is 47.3 Å². The third kappa shape index (κ3) is 5.31. The minimum atomic E-state index is -2.61. The summed E-state index contributed by atoms with van der Waals surface area (Å²) in [7, 11) is 0. The monoisotopic (exact) mass is 457 g/mol. The van der Waals surface area contributed by atoms with Gasteiger partial charge < -0.3 is 14.2 Å². The Bertz CT molecular complexity index is 815. The van der Waals surface area contributed by atoms with E-state index in [1.807, 2.05) is 41.5 Å². The van der Waals surface area contributed by atoms with Crippen LogP contribution in [-0.4, -0.2) is 44.0 Å². The molecule has 3 rings (SSSR count). The molecule has 1 fully saturated rings. The van der Waals surface area contributed by atoms with Gasteiger partial charge in [0.05, 0.1) is 6.04 Å². The number of halogens is 2. The Kier molecular flexibility index (Phi) is 6.62. The maximum atomic E-state index is 13.3. The van der Waals surface area contributed by atoms with Crippen LogP contribution >= 0.6 is 0 Å². The molecule has 31 heavy (non-hydrogen) atoms. The van der Waals surface area contributed by atoms with Crippen LogP contribution in [0, 0.1) is 5.41 Å². The second kappa shape index (κ2) is 8.48. The normalized spacial score (nSPS) is 22.0. The minimum Gasteiger partial charge on any atom is -0.598 e. The van der Waals surface area contributed by atoms with Gasteiger partial charge in [0.15, 0.2) is 0 Å². The lowest BCUT2D eigenvalue weighted by Crippen LogP contribution is -2.51. The molecule has 1 aromatic rings. The molecule has 2 atom stereocenters. The molecule has 0 aromatic carbocycles. The van der Waals surface area contributed by atoms with E-state index in [-0.39, 0.29) is 23.1 Å². The van der Waals surface area contributed by atoms with Gasteiger partial charge in [-0.25, -0.2) is 13.6 Å². The fourth-order valence-electron chi connectivity index (χ4n) is 4.21. The molecule has 1 saturated heterocycles. The van der Waals surface area contributed by atoms with Crippen LogP contribution in [0.25, 0.3) is 0 Å². The second-order valence-corrected chi connectivity index (χ2v) is 12.5. The second-order valence-electron chi connectivity index (χ2n) is 10.5. The van der Waals surface area contributed by atoms with Crippen molar-refractivity contribution in [2.24, 2.45) is 5.41 Å². The molecular weight excluding hydrogens is 424 g/mol. The quantitative estimate of drug-likeness (QED) is 0.667. The largest absolute Gasteiger partial charge is 0.598 e. The molecule has 2 aliphatic rings. The summed E-state index contributed by atoms with van der Waals surface area (Å²) in [6, 6.07) is 1.13. The molecule has 0 saturated carbocycles. The predicted octanol–water partition coefficient (Wildman–Crippen LogP) is 4.69. The number of likely N-dealkylation sites (tertiary alicyclic amines) is 1. The van der Waals surface area contributed by atoms with Gasteiger partial charge >= 0.3 is 6.09 Å². The van der Waals surface area contributed by atoms with Gasteiger partial charge in [-0.2, -0.15) is 0 Å². The van der Waals surface area contributed by atoms with Crippen molar-refractivity contribution in [1.82, 2.24) is 14.6 Å². The molecule has 1 aromatic heterocycles. The highest BCUT2D eigenvalue weighted by Gasteiger charge is 2.52. The van der Waals surface area contributed by atoms with E-state index in [9.17, 15) is 18.1 Å². The Hall–Kier alpha value is -1.45. The van der Waals surface area contributed by atoms with E-state index in [0.29, 0.717) is 37.9 Å². The van der Waals surface area contributed by atoms with Crippen LogP contribution in [0.4, 0.5) is 13.6 Å². The van der Waals surface area contributed by atoms with Crippen molar-refractivity contribution in [2.45, 2.75) is 83.6 Å². The van der Waals surface area contributed by atoms with E-state index < -0.39 is 28.1 Å². The number of pyridine rings is 1. The summed E-state index contributed by atoms with van der Waals surface area (Å²) in [5.41, 5.74) is 0.421. The summed E-state index contributed by atoms with van der Waals surface area (Å²) in [5, 5.41) is 0. The number of carbonyl (C=O) groups is 1. The van der Waals surface area contributed by atoms with E-state index in [4.69, 9.17) is 4.74 Å². The molecule has 2 heterocycles. The van der Waals surface area contributed by atoms with Crippen molar-refractivity contribution in [2.75, 3.05) is 13.1 Å². The Morgan fingerprint density at radius 2 is 1.90 bits per heavy atom. The van der Waals surface area contributed by atoms with Gasteiger partial charge in [0.1, 0.15) is 10.3 Å². The highest BCUT2D eigenvalue weighted by atomic mass is 32.2. The third-order valence-corrected chi connectivity index (χ3v) is 7.47. The molecule has 9 heteroatoms. The standard InChI is InChI=1S/C22H33F2N3O3S/c1-20(2,3)30-19(28)27-9-7-22(8-10-27)12-16-15(11-14(13-25-16)18(23)24)17(22)26-31(29)21(4,5)6/h11,13,17-18,26H,7-10,12H2,1-6H3/t17-,31?/m1/s1. The number of amides is 1. The average molecular weight is 458 g/mol. The molecule has 1 spiro atoms. The van der Waals surface area contributed by atoms with E-state index >= 15 is 0 Å². The van der Waals surface area contributed by atoms with E-state index in [2.05, 4.69) is 9.71 Å². The summed E-state index contributed by atoms with van der Waals surface area (Å²) in [6.07, 6.45) is 0.163. The molecule has 1 amide bonds. The summed E-state index contributed by atoms with van der Waals surface area (Å²) in [5.74, 6) is 0. The number of ether oxygens (including phenoxy) is 1. The Morgan fingerprint density at radius 1 is 1.29 bits per heavy atom. The smallest absolute Gasteiger partial charge is 0.410 e. The summed E-state index contributed by atoms with van der Waals surface area (Å²) < 4.78 is 47.9. The molecule has 1 aliphatic heterocycles. The average Bonchev–Trinajstić information content (AvgIpc) is 2.92. The SMILES string of the molecule is CC(C)(C)OC(=O)N1CCC2(CC1)Cc1ncc(C(F)F)cc1[C@H]2N[S+]([O-])C(C)(C)C. The van der Waals surface area contributed by atoms with Crippen LogP contribution in [0.3, 0.4) is 0 Å². The first kappa shape index (κ1) is 24.2. The number of hydrogen-bond donors (Lipinski definition) is 1. The topological polar surface area (TPSA) is 77.5 Å². The summed E-state index contributed by atoms with van der Waals surface area (Å²) in [6.45, 7) is 12.1. The number of alkyl halides is 2. The third-order valence-electron chi connectivity index (χ3n) is 5.91. The summed E-state index contributed by atoms with van der Waals surface area (Å²) >= 11 is -1.38.